The van der Waals surface area contributed by atoms with Crippen LogP contribution in [0.2, 0.25) is 0 Å². The molecule has 0 heterocycles. The second-order valence-corrected chi connectivity index (χ2v) is 5.40. The van der Waals surface area contributed by atoms with Gasteiger partial charge >= 0.3 is 0 Å². The number of hydrogen-bond donors (Lipinski definition) is 2. The molecule has 0 saturated heterocycles. The fourth-order valence-corrected chi connectivity index (χ4v) is 2.49. The average molecular weight is 277 g/mol. The molecule has 0 amide bonds. The lowest BCUT2D eigenvalue weighted by atomic mass is 10.2. The van der Waals surface area contributed by atoms with E-state index in [1.807, 2.05) is 0 Å². The predicted octanol–water partition coefficient (Wildman–Crippen LogP) is 0.633. The summed E-state index contributed by atoms with van der Waals surface area (Å²) >= 11 is 0. The van der Waals surface area contributed by atoms with Gasteiger partial charge in [0.25, 0.3) is 0 Å². The number of aliphatic hydroxyl groups is 1. The van der Waals surface area contributed by atoms with Crippen molar-refractivity contribution in [1.82, 2.24) is 4.72 Å². The molecule has 0 aliphatic carbocycles. The van der Waals surface area contributed by atoms with Crippen molar-refractivity contribution in [2.45, 2.75) is 17.9 Å². The number of benzene rings is 1. The molecule has 18 heavy (non-hydrogen) atoms. The van der Waals surface area contributed by atoms with Crippen LogP contribution >= 0.6 is 0 Å². The third-order valence-corrected chi connectivity index (χ3v) is 3.78. The Kier molecular flexibility index (Phi) is 5.67. The van der Waals surface area contributed by atoms with Crippen molar-refractivity contribution in [3.63, 3.8) is 0 Å². The van der Waals surface area contributed by atoms with Crippen LogP contribution in [-0.4, -0.2) is 33.8 Å². The number of hydrogen-bond acceptors (Lipinski definition) is 4. The van der Waals surface area contributed by atoms with Crippen LogP contribution in [0.3, 0.4) is 0 Å². The molecule has 0 unspecified atom stereocenters. The van der Waals surface area contributed by atoms with E-state index in [1.165, 1.54) is 13.2 Å². The Bertz CT molecular complexity index is 490. The summed E-state index contributed by atoms with van der Waals surface area (Å²) in [5, 5.41) is 8.81. The molecule has 102 valence electrons. The summed E-state index contributed by atoms with van der Waals surface area (Å²) in [5.74, 6) is -0.874. The average Bonchev–Trinajstić information content (AvgIpc) is 2.34. The van der Waals surface area contributed by atoms with Gasteiger partial charge in [-0.1, -0.05) is 6.07 Å². The lowest BCUT2D eigenvalue weighted by molar-refractivity contribution is 0.196. The molecule has 0 bridgehead atoms. The van der Waals surface area contributed by atoms with Crippen molar-refractivity contribution >= 4 is 10.0 Å². The van der Waals surface area contributed by atoms with E-state index in [0.717, 1.165) is 12.1 Å². The summed E-state index contributed by atoms with van der Waals surface area (Å²) in [6.07, 6.45) is 0.506. The van der Waals surface area contributed by atoms with E-state index < -0.39 is 20.7 Å². The van der Waals surface area contributed by atoms with Gasteiger partial charge < -0.3 is 9.84 Å². The molecular weight excluding hydrogens is 261 g/mol. The van der Waals surface area contributed by atoms with Gasteiger partial charge in [0.2, 0.25) is 10.0 Å². The molecule has 2 N–H and O–H groups in total. The van der Waals surface area contributed by atoms with Gasteiger partial charge in [-0.15, -0.1) is 0 Å². The summed E-state index contributed by atoms with van der Waals surface area (Å²) < 4.78 is 44.1. The Morgan fingerprint density at radius 1 is 1.44 bits per heavy atom. The highest BCUT2D eigenvalue weighted by atomic mass is 32.2. The maximum Gasteiger partial charge on any atom is 0.243 e. The Labute approximate surface area is 106 Å². The Morgan fingerprint density at radius 2 is 2.17 bits per heavy atom. The van der Waals surface area contributed by atoms with Gasteiger partial charge in [0.15, 0.2) is 0 Å². The van der Waals surface area contributed by atoms with Gasteiger partial charge in [-0.05, 0) is 24.1 Å². The van der Waals surface area contributed by atoms with E-state index in [4.69, 9.17) is 9.84 Å². The largest absolute Gasteiger partial charge is 0.392 e. The smallest absolute Gasteiger partial charge is 0.243 e. The number of sulfonamides is 1. The number of halogens is 1. The molecule has 0 spiro atoms. The standard InChI is InChI=1S/C11H16FNO4S/c1-17-6-2-5-13-18(15,16)11-4-3-9(8-14)7-10(11)12/h3-4,7,13-14H,2,5-6,8H2,1H3. The summed E-state index contributed by atoms with van der Waals surface area (Å²) in [7, 11) is -2.34. The SMILES string of the molecule is COCCCNS(=O)(=O)c1ccc(CO)cc1F. The number of aliphatic hydroxyl groups excluding tert-OH is 1. The lowest BCUT2D eigenvalue weighted by Gasteiger charge is -2.08. The Hall–Kier alpha value is -1.02. The van der Waals surface area contributed by atoms with Crippen molar-refractivity contribution in [2.75, 3.05) is 20.3 Å². The fourth-order valence-electron chi connectivity index (χ4n) is 1.36. The van der Waals surface area contributed by atoms with E-state index in [-0.39, 0.29) is 13.2 Å². The monoisotopic (exact) mass is 277 g/mol. The zero-order valence-electron chi connectivity index (χ0n) is 10.0. The first-order chi connectivity index (χ1) is 8.51. The van der Waals surface area contributed by atoms with Crippen molar-refractivity contribution in [3.8, 4) is 0 Å². The van der Waals surface area contributed by atoms with E-state index in [9.17, 15) is 12.8 Å². The van der Waals surface area contributed by atoms with Crippen molar-refractivity contribution in [2.24, 2.45) is 0 Å². The van der Waals surface area contributed by atoms with Gasteiger partial charge in [0.05, 0.1) is 6.61 Å². The van der Waals surface area contributed by atoms with Crippen LogP contribution in [0.15, 0.2) is 23.1 Å². The first-order valence-electron chi connectivity index (χ1n) is 5.39. The molecule has 1 rings (SSSR count). The minimum absolute atomic E-state index is 0.178. The summed E-state index contributed by atoms with van der Waals surface area (Å²) in [6, 6.07) is 3.51. The van der Waals surface area contributed by atoms with E-state index >= 15 is 0 Å². The van der Waals surface area contributed by atoms with Gasteiger partial charge in [-0.25, -0.2) is 17.5 Å². The maximum absolute atomic E-state index is 13.6. The number of nitrogens with one attached hydrogen (secondary N) is 1. The van der Waals surface area contributed by atoms with E-state index in [2.05, 4.69) is 4.72 Å². The third-order valence-electron chi connectivity index (χ3n) is 2.29. The fraction of sp³-hybridized carbons (Fsp3) is 0.455. The zero-order valence-corrected chi connectivity index (χ0v) is 10.8. The topological polar surface area (TPSA) is 75.6 Å². The normalized spacial score (nSPS) is 11.7. The molecule has 0 atom stereocenters. The van der Waals surface area contributed by atoms with Crippen molar-refractivity contribution < 1.29 is 22.7 Å². The first kappa shape index (κ1) is 15.0. The number of rotatable bonds is 7. The second kappa shape index (κ2) is 6.79. The predicted molar refractivity (Wildman–Crippen MR) is 64.0 cm³/mol. The molecule has 0 aliphatic heterocycles. The van der Waals surface area contributed by atoms with Crippen molar-refractivity contribution in [1.29, 1.82) is 0 Å². The lowest BCUT2D eigenvalue weighted by Crippen LogP contribution is -2.26. The molecule has 7 heteroatoms. The highest BCUT2D eigenvalue weighted by molar-refractivity contribution is 7.89. The molecule has 0 aliphatic rings. The number of methoxy groups -OCH3 is 1. The van der Waals surface area contributed by atoms with Crippen LogP contribution in [0.4, 0.5) is 4.39 Å². The maximum atomic E-state index is 13.6. The molecule has 0 saturated carbocycles. The second-order valence-electron chi connectivity index (χ2n) is 3.67. The summed E-state index contributed by atoms with van der Waals surface area (Å²) in [6.45, 7) is 0.268. The van der Waals surface area contributed by atoms with Gasteiger partial charge in [-0.3, -0.25) is 0 Å². The van der Waals surface area contributed by atoms with Crippen LogP contribution in [0, 0.1) is 5.82 Å². The minimum Gasteiger partial charge on any atom is -0.392 e. The molecule has 1 aromatic rings. The molecule has 5 nitrogen and oxygen atoms in total. The summed E-state index contributed by atoms with van der Waals surface area (Å²) in [4.78, 5) is -0.419. The number of ether oxygens (including phenoxy) is 1. The molecule has 0 radical (unpaired) electrons. The molecule has 1 aromatic carbocycles. The van der Waals surface area contributed by atoms with Crippen LogP contribution in [-0.2, 0) is 21.4 Å². The van der Waals surface area contributed by atoms with E-state index in [0.29, 0.717) is 18.6 Å². The van der Waals surface area contributed by atoms with Crippen LogP contribution < -0.4 is 4.72 Å². The summed E-state index contributed by atoms with van der Waals surface area (Å²) in [5.41, 5.74) is 0.325. The Balaban J connectivity index is 2.78. The van der Waals surface area contributed by atoms with Crippen molar-refractivity contribution in [3.05, 3.63) is 29.6 Å². The van der Waals surface area contributed by atoms with Crippen LogP contribution in [0.25, 0.3) is 0 Å². The highest BCUT2D eigenvalue weighted by Crippen LogP contribution is 2.15. The van der Waals surface area contributed by atoms with Gasteiger partial charge in [-0.2, -0.15) is 0 Å². The quantitative estimate of drug-likeness (QED) is 0.717. The van der Waals surface area contributed by atoms with Gasteiger partial charge in [0, 0.05) is 20.3 Å². The van der Waals surface area contributed by atoms with E-state index in [1.54, 1.807) is 0 Å². The Morgan fingerprint density at radius 3 is 2.72 bits per heavy atom. The molecule has 0 fully saturated rings. The van der Waals surface area contributed by atoms with Crippen LogP contribution in [0.1, 0.15) is 12.0 Å². The minimum atomic E-state index is -3.86. The zero-order chi connectivity index (χ0) is 13.6. The third kappa shape index (κ3) is 4.02. The first-order valence-corrected chi connectivity index (χ1v) is 6.87. The molecule has 0 aromatic heterocycles. The van der Waals surface area contributed by atoms with Gasteiger partial charge in [0.1, 0.15) is 10.7 Å². The van der Waals surface area contributed by atoms with Crippen LogP contribution in [0.5, 0.6) is 0 Å². The highest BCUT2D eigenvalue weighted by Gasteiger charge is 2.18. The molecular formula is C11H16FNO4S.